The summed E-state index contributed by atoms with van der Waals surface area (Å²) in [5.74, 6) is -0.0760. The van der Waals surface area contributed by atoms with Crippen molar-refractivity contribution in [1.29, 1.82) is 5.26 Å². The first-order valence-corrected chi connectivity index (χ1v) is 7.19. The van der Waals surface area contributed by atoms with Crippen molar-refractivity contribution in [2.24, 2.45) is 0 Å². The molecule has 1 amide bonds. The zero-order valence-corrected chi connectivity index (χ0v) is 12.8. The molecule has 0 unspecified atom stereocenters. The molecular formula is C18H19N3O. The summed E-state index contributed by atoms with van der Waals surface area (Å²) in [5, 5.41) is 14.9. The fourth-order valence-corrected chi connectivity index (χ4v) is 2.13. The molecule has 0 aliphatic rings. The number of anilines is 2. The summed E-state index contributed by atoms with van der Waals surface area (Å²) in [6.45, 7) is 4.64. The molecule has 2 N–H and O–H groups in total. The van der Waals surface area contributed by atoms with Crippen LogP contribution in [0.2, 0.25) is 0 Å². The number of nitriles is 1. The molecule has 0 bridgehead atoms. The average molecular weight is 293 g/mol. The van der Waals surface area contributed by atoms with Gasteiger partial charge in [-0.1, -0.05) is 18.2 Å². The Kier molecular flexibility index (Phi) is 5.16. The van der Waals surface area contributed by atoms with Crippen molar-refractivity contribution in [1.82, 2.24) is 0 Å². The molecule has 0 heterocycles. The van der Waals surface area contributed by atoms with Gasteiger partial charge in [0.1, 0.15) is 0 Å². The Balaban J connectivity index is 1.85. The molecule has 2 aromatic carbocycles. The van der Waals surface area contributed by atoms with E-state index in [1.807, 2.05) is 13.8 Å². The second kappa shape index (κ2) is 7.28. The van der Waals surface area contributed by atoms with Crippen molar-refractivity contribution in [3.05, 3.63) is 59.2 Å². The second-order valence-corrected chi connectivity index (χ2v) is 5.24. The van der Waals surface area contributed by atoms with Gasteiger partial charge >= 0.3 is 0 Å². The van der Waals surface area contributed by atoms with E-state index < -0.39 is 0 Å². The average Bonchev–Trinajstić information content (AvgIpc) is 2.51. The molecule has 0 aliphatic carbocycles. The Labute approximate surface area is 130 Å². The van der Waals surface area contributed by atoms with Gasteiger partial charge in [-0.05, 0) is 49.2 Å². The summed E-state index contributed by atoms with van der Waals surface area (Å²) in [6, 6.07) is 15.1. The van der Waals surface area contributed by atoms with Crippen molar-refractivity contribution in [2.75, 3.05) is 17.2 Å². The summed E-state index contributed by atoms with van der Waals surface area (Å²) >= 11 is 0. The smallest absolute Gasteiger partial charge is 0.226 e. The van der Waals surface area contributed by atoms with Gasteiger partial charge in [-0.3, -0.25) is 4.79 Å². The molecule has 0 aliphatic heterocycles. The minimum atomic E-state index is -0.0760. The molecule has 0 saturated heterocycles. The summed E-state index contributed by atoms with van der Waals surface area (Å²) in [5.41, 5.74) is 4.58. The highest BCUT2D eigenvalue weighted by Gasteiger charge is 2.04. The number of nitrogens with zero attached hydrogens (tertiary/aromatic N) is 1. The lowest BCUT2D eigenvalue weighted by Crippen LogP contribution is -2.16. The summed E-state index contributed by atoms with van der Waals surface area (Å²) in [4.78, 5) is 11.9. The number of carbonyl (C=O) groups is 1. The van der Waals surface area contributed by atoms with E-state index >= 15 is 0 Å². The number of hydrogen-bond donors (Lipinski definition) is 2. The molecule has 22 heavy (non-hydrogen) atoms. The number of benzene rings is 2. The maximum atomic E-state index is 11.9. The number of rotatable bonds is 5. The lowest BCUT2D eigenvalue weighted by molar-refractivity contribution is -0.115. The first kappa shape index (κ1) is 15.6. The maximum Gasteiger partial charge on any atom is 0.226 e. The number of carbonyl (C=O) groups excluding carboxylic acids is 1. The van der Waals surface area contributed by atoms with Crippen molar-refractivity contribution in [2.45, 2.75) is 20.3 Å². The summed E-state index contributed by atoms with van der Waals surface area (Å²) in [7, 11) is 0. The number of aryl methyl sites for hydroxylation is 2. The second-order valence-electron chi connectivity index (χ2n) is 5.24. The molecule has 2 rings (SSSR count). The predicted octanol–water partition coefficient (Wildman–Crippen LogP) is 3.62. The van der Waals surface area contributed by atoms with Gasteiger partial charge in [0.25, 0.3) is 0 Å². The van der Waals surface area contributed by atoms with Gasteiger partial charge in [0.15, 0.2) is 0 Å². The number of nitrogens with one attached hydrogen (secondary N) is 2. The molecule has 4 nitrogen and oxygen atoms in total. The van der Waals surface area contributed by atoms with Gasteiger partial charge in [0.2, 0.25) is 5.91 Å². The van der Waals surface area contributed by atoms with Gasteiger partial charge < -0.3 is 10.6 Å². The van der Waals surface area contributed by atoms with Gasteiger partial charge in [-0.2, -0.15) is 5.26 Å². The fraction of sp³-hybridized carbons (Fsp3) is 0.222. The third-order valence-electron chi connectivity index (χ3n) is 3.34. The van der Waals surface area contributed by atoms with E-state index in [4.69, 9.17) is 5.26 Å². The molecule has 0 radical (unpaired) electrons. The van der Waals surface area contributed by atoms with Crippen LogP contribution in [0.5, 0.6) is 0 Å². The first-order valence-electron chi connectivity index (χ1n) is 7.19. The van der Waals surface area contributed by atoms with E-state index in [1.54, 1.807) is 24.3 Å². The third kappa shape index (κ3) is 4.35. The van der Waals surface area contributed by atoms with Crippen LogP contribution in [0.1, 0.15) is 23.1 Å². The van der Waals surface area contributed by atoms with Crippen LogP contribution in [-0.2, 0) is 4.79 Å². The lowest BCUT2D eigenvalue weighted by Gasteiger charge is -2.10. The van der Waals surface area contributed by atoms with Crippen LogP contribution < -0.4 is 10.6 Å². The molecule has 4 heteroatoms. The highest BCUT2D eigenvalue weighted by Crippen LogP contribution is 2.16. The Morgan fingerprint density at radius 2 is 2.00 bits per heavy atom. The predicted molar refractivity (Wildman–Crippen MR) is 88.8 cm³/mol. The van der Waals surface area contributed by atoms with E-state index in [2.05, 4.69) is 34.9 Å². The minimum Gasteiger partial charge on any atom is -0.384 e. The highest BCUT2D eigenvalue weighted by molar-refractivity contribution is 5.91. The Hall–Kier alpha value is -2.80. The highest BCUT2D eigenvalue weighted by atomic mass is 16.1. The van der Waals surface area contributed by atoms with Gasteiger partial charge in [-0.15, -0.1) is 0 Å². The molecule has 0 aromatic heterocycles. The maximum absolute atomic E-state index is 11.9. The van der Waals surface area contributed by atoms with Crippen molar-refractivity contribution in [3.8, 4) is 6.07 Å². The molecular weight excluding hydrogens is 274 g/mol. The van der Waals surface area contributed by atoms with Gasteiger partial charge in [0.05, 0.1) is 11.6 Å². The number of amides is 1. The molecule has 2 aromatic rings. The van der Waals surface area contributed by atoms with Crippen LogP contribution >= 0.6 is 0 Å². The molecule has 0 spiro atoms. The zero-order chi connectivity index (χ0) is 15.9. The Morgan fingerprint density at radius 3 is 2.77 bits per heavy atom. The zero-order valence-electron chi connectivity index (χ0n) is 12.8. The van der Waals surface area contributed by atoms with E-state index in [0.29, 0.717) is 24.2 Å². The van der Waals surface area contributed by atoms with E-state index in [0.717, 1.165) is 11.3 Å². The van der Waals surface area contributed by atoms with Crippen molar-refractivity contribution >= 4 is 17.3 Å². The minimum absolute atomic E-state index is 0.0760. The fourth-order valence-electron chi connectivity index (χ4n) is 2.13. The lowest BCUT2D eigenvalue weighted by atomic mass is 10.1. The van der Waals surface area contributed by atoms with E-state index in [1.165, 1.54) is 5.56 Å². The number of hydrogen-bond acceptors (Lipinski definition) is 3. The quantitative estimate of drug-likeness (QED) is 0.885. The largest absolute Gasteiger partial charge is 0.384 e. The van der Waals surface area contributed by atoms with Crippen molar-refractivity contribution < 1.29 is 4.79 Å². The molecule has 0 saturated carbocycles. The van der Waals surface area contributed by atoms with Crippen LogP contribution in [0.3, 0.4) is 0 Å². The van der Waals surface area contributed by atoms with E-state index in [-0.39, 0.29) is 5.91 Å². The van der Waals surface area contributed by atoms with Crippen LogP contribution in [0.25, 0.3) is 0 Å². The van der Waals surface area contributed by atoms with E-state index in [9.17, 15) is 4.79 Å². The van der Waals surface area contributed by atoms with Crippen LogP contribution in [0.15, 0.2) is 42.5 Å². The third-order valence-corrected chi connectivity index (χ3v) is 3.34. The van der Waals surface area contributed by atoms with Gasteiger partial charge in [-0.25, -0.2) is 0 Å². The van der Waals surface area contributed by atoms with Crippen LogP contribution in [0, 0.1) is 25.2 Å². The first-order chi connectivity index (χ1) is 10.6. The summed E-state index contributed by atoms with van der Waals surface area (Å²) < 4.78 is 0. The SMILES string of the molecule is Cc1ccc(C)c(NCCC(=O)Nc2cccc(C#N)c2)c1. The topological polar surface area (TPSA) is 64.9 Å². The molecule has 0 atom stereocenters. The van der Waals surface area contributed by atoms with Crippen molar-refractivity contribution in [3.63, 3.8) is 0 Å². The standard InChI is InChI=1S/C18H19N3O/c1-13-6-7-14(2)17(10-13)20-9-8-18(22)21-16-5-3-4-15(11-16)12-19/h3-7,10-11,20H,8-9H2,1-2H3,(H,21,22). The van der Waals surface area contributed by atoms with Crippen LogP contribution in [-0.4, -0.2) is 12.5 Å². The monoisotopic (exact) mass is 293 g/mol. The van der Waals surface area contributed by atoms with Crippen LogP contribution in [0.4, 0.5) is 11.4 Å². The van der Waals surface area contributed by atoms with Gasteiger partial charge in [0, 0.05) is 24.3 Å². The summed E-state index contributed by atoms with van der Waals surface area (Å²) in [6.07, 6.45) is 0.365. The molecule has 112 valence electrons. The Bertz CT molecular complexity index is 717. The molecule has 0 fully saturated rings. The normalized spacial score (nSPS) is 9.86. The Morgan fingerprint density at radius 1 is 1.18 bits per heavy atom.